The first-order valence-electron chi connectivity index (χ1n) is 7.16. The zero-order valence-corrected chi connectivity index (χ0v) is 11.5. The molecule has 0 heterocycles. The molecule has 4 nitrogen and oxygen atoms in total. The zero-order chi connectivity index (χ0) is 14.5. The maximum absolute atomic E-state index is 12.5. The number of carboxylic acid groups (broad SMARTS) is 1. The van der Waals surface area contributed by atoms with Crippen LogP contribution in [-0.2, 0) is 14.3 Å². The molecule has 0 spiro atoms. The van der Waals surface area contributed by atoms with Crippen molar-refractivity contribution in [2.45, 2.75) is 32.1 Å². The van der Waals surface area contributed by atoms with Gasteiger partial charge in [0.05, 0.1) is 17.6 Å². The minimum absolute atomic E-state index is 0.411. The van der Waals surface area contributed by atoms with Gasteiger partial charge in [0, 0.05) is 5.41 Å². The molecule has 3 unspecified atom stereocenters. The van der Waals surface area contributed by atoms with Crippen molar-refractivity contribution >= 4 is 11.9 Å². The van der Waals surface area contributed by atoms with Gasteiger partial charge in [0.1, 0.15) is 0 Å². The molecular weight excluding hydrogens is 256 g/mol. The molecule has 20 heavy (non-hydrogen) atoms. The van der Waals surface area contributed by atoms with Gasteiger partial charge in [0.15, 0.2) is 0 Å². The van der Waals surface area contributed by atoms with E-state index in [0.29, 0.717) is 24.7 Å². The molecular formula is C16H20O4. The summed E-state index contributed by atoms with van der Waals surface area (Å²) < 4.78 is 5.02. The lowest BCUT2D eigenvalue weighted by Gasteiger charge is -2.63. The van der Waals surface area contributed by atoms with Crippen LogP contribution in [0.15, 0.2) is 25.5 Å². The Kier molecular flexibility index (Phi) is 2.82. The van der Waals surface area contributed by atoms with Crippen LogP contribution in [-0.4, -0.2) is 17.0 Å². The smallest absolute Gasteiger partial charge is 0.317 e. The van der Waals surface area contributed by atoms with Crippen LogP contribution in [0.3, 0.4) is 0 Å². The molecule has 4 rings (SSSR count). The van der Waals surface area contributed by atoms with Crippen LogP contribution in [0.4, 0.5) is 0 Å². The van der Waals surface area contributed by atoms with E-state index in [2.05, 4.69) is 13.2 Å². The van der Waals surface area contributed by atoms with Crippen LogP contribution >= 0.6 is 0 Å². The predicted octanol–water partition coefficient (Wildman–Crippen LogP) is 2.76. The van der Waals surface area contributed by atoms with Crippen LogP contribution in [0.25, 0.3) is 0 Å². The molecule has 3 atom stereocenters. The number of rotatable bonds is 4. The summed E-state index contributed by atoms with van der Waals surface area (Å²) in [5.74, 6) is -1.21. The van der Waals surface area contributed by atoms with Gasteiger partial charge >= 0.3 is 11.9 Å². The van der Waals surface area contributed by atoms with Crippen molar-refractivity contribution in [1.82, 2.24) is 0 Å². The maximum Gasteiger partial charge on any atom is 0.317 e. The van der Waals surface area contributed by atoms with Gasteiger partial charge in [-0.1, -0.05) is 12.7 Å². The third-order valence-corrected chi connectivity index (χ3v) is 5.69. The lowest BCUT2D eigenvalue weighted by Crippen LogP contribution is -2.63. The van der Waals surface area contributed by atoms with E-state index in [-0.39, 0.29) is 0 Å². The minimum atomic E-state index is -0.898. The van der Waals surface area contributed by atoms with E-state index in [1.807, 2.05) is 0 Å². The molecule has 0 amide bonds. The van der Waals surface area contributed by atoms with E-state index in [9.17, 15) is 14.7 Å². The average molecular weight is 276 g/mol. The van der Waals surface area contributed by atoms with Gasteiger partial charge < -0.3 is 9.84 Å². The summed E-state index contributed by atoms with van der Waals surface area (Å²) in [4.78, 5) is 24.4. The SMILES string of the molecule is C=COC(=O)C12CC3CC(CC(C=C)(C3)C1C(=O)O)C2. The van der Waals surface area contributed by atoms with E-state index in [0.717, 1.165) is 25.5 Å². The highest BCUT2D eigenvalue weighted by molar-refractivity contribution is 5.86. The lowest BCUT2D eigenvalue weighted by molar-refractivity contribution is -0.200. The quantitative estimate of drug-likeness (QED) is 0.487. The van der Waals surface area contributed by atoms with Crippen LogP contribution in [0.5, 0.6) is 0 Å². The molecule has 0 saturated heterocycles. The third kappa shape index (κ3) is 1.54. The fourth-order valence-corrected chi connectivity index (χ4v) is 5.49. The molecule has 0 radical (unpaired) electrons. The number of carboxylic acids is 1. The van der Waals surface area contributed by atoms with Gasteiger partial charge in [-0.3, -0.25) is 9.59 Å². The fourth-order valence-electron chi connectivity index (χ4n) is 5.49. The summed E-state index contributed by atoms with van der Waals surface area (Å²) in [7, 11) is 0. The molecule has 108 valence electrons. The van der Waals surface area contributed by atoms with E-state index in [1.54, 1.807) is 6.08 Å². The highest BCUT2D eigenvalue weighted by Gasteiger charge is 2.68. The minimum Gasteiger partial charge on any atom is -0.481 e. The Morgan fingerprint density at radius 3 is 2.20 bits per heavy atom. The van der Waals surface area contributed by atoms with Crippen molar-refractivity contribution in [2.75, 3.05) is 0 Å². The zero-order valence-electron chi connectivity index (χ0n) is 11.5. The first-order chi connectivity index (χ1) is 9.47. The molecule has 4 fully saturated rings. The number of ether oxygens (including phenoxy) is 1. The summed E-state index contributed by atoms with van der Waals surface area (Å²) in [6.07, 6.45) is 6.94. The standard InChI is InChI=1S/C16H20O4/c1-3-15-6-10-5-11(7-15)9-16(8-10,12(15)13(17)18)14(19)20-4-2/h3-4,10-12H,1-2,5-9H2,(H,17,18). The van der Waals surface area contributed by atoms with Crippen LogP contribution in [0, 0.1) is 28.6 Å². The number of esters is 1. The lowest BCUT2D eigenvalue weighted by atomic mass is 9.39. The molecule has 0 aromatic heterocycles. The molecule has 0 aliphatic heterocycles. The second-order valence-electron chi connectivity index (χ2n) is 6.72. The molecule has 4 bridgehead atoms. The van der Waals surface area contributed by atoms with Gasteiger partial charge in [-0.25, -0.2) is 0 Å². The highest BCUT2D eigenvalue weighted by Crippen LogP contribution is 2.68. The van der Waals surface area contributed by atoms with Crippen molar-refractivity contribution < 1.29 is 19.4 Å². The van der Waals surface area contributed by atoms with E-state index >= 15 is 0 Å². The Labute approximate surface area is 118 Å². The number of hydrogen-bond acceptors (Lipinski definition) is 3. The third-order valence-electron chi connectivity index (χ3n) is 5.69. The van der Waals surface area contributed by atoms with Gasteiger partial charge in [0.2, 0.25) is 0 Å². The monoisotopic (exact) mass is 276 g/mol. The molecule has 4 saturated carbocycles. The molecule has 4 aliphatic carbocycles. The van der Waals surface area contributed by atoms with Gasteiger partial charge in [-0.05, 0) is 43.9 Å². The van der Waals surface area contributed by atoms with E-state index in [4.69, 9.17) is 4.74 Å². The number of carbonyl (C=O) groups excluding carboxylic acids is 1. The topological polar surface area (TPSA) is 63.6 Å². The summed E-state index contributed by atoms with van der Waals surface area (Å²) in [6, 6.07) is 0. The van der Waals surface area contributed by atoms with Crippen molar-refractivity contribution in [2.24, 2.45) is 28.6 Å². The van der Waals surface area contributed by atoms with E-state index < -0.39 is 28.7 Å². The Bertz CT molecular complexity index is 479. The first-order valence-corrected chi connectivity index (χ1v) is 7.16. The van der Waals surface area contributed by atoms with Crippen LogP contribution in [0.1, 0.15) is 32.1 Å². The van der Waals surface area contributed by atoms with Crippen molar-refractivity contribution in [3.8, 4) is 0 Å². The molecule has 1 N–H and O–H groups in total. The first kappa shape index (κ1) is 13.4. The van der Waals surface area contributed by atoms with Gasteiger partial charge in [-0.15, -0.1) is 6.58 Å². The summed E-state index contributed by atoms with van der Waals surface area (Å²) in [5, 5.41) is 9.74. The Morgan fingerprint density at radius 2 is 1.75 bits per heavy atom. The maximum atomic E-state index is 12.5. The number of hydrogen-bond donors (Lipinski definition) is 1. The number of allylic oxidation sites excluding steroid dienone is 1. The Morgan fingerprint density at radius 1 is 1.15 bits per heavy atom. The van der Waals surface area contributed by atoms with Crippen molar-refractivity contribution in [3.05, 3.63) is 25.5 Å². The number of carbonyl (C=O) groups is 2. The average Bonchev–Trinajstić information content (AvgIpc) is 2.37. The summed E-state index contributed by atoms with van der Waals surface area (Å²) in [6.45, 7) is 7.31. The fraction of sp³-hybridized carbons (Fsp3) is 0.625. The molecule has 0 aromatic rings. The van der Waals surface area contributed by atoms with Crippen molar-refractivity contribution in [1.29, 1.82) is 0 Å². The van der Waals surface area contributed by atoms with Gasteiger partial charge in [-0.2, -0.15) is 0 Å². The molecule has 0 aromatic carbocycles. The van der Waals surface area contributed by atoms with Crippen LogP contribution < -0.4 is 0 Å². The summed E-state index contributed by atoms with van der Waals surface area (Å²) >= 11 is 0. The summed E-state index contributed by atoms with van der Waals surface area (Å²) in [5.41, 5.74) is -1.34. The molecule has 4 heteroatoms. The Hall–Kier alpha value is -1.58. The van der Waals surface area contributed by atoms with Gasteiger partial charge in [0.25, 0.3) is 0 Å². The van der Waals surface area contributed by atoms with Crippen molar-refractivity contribution in [3.63, 3.8) is 0 Å². The highest BCUT2D eigenvalue weighted by atomic mass is 16.5. The van der Waals surface area contributed by atoms with Crippen LogP contribution in [0.2, 0.25) is 0 Å². The largest absolute Gasteiger partial charge is 0.481 e. The second-order valence-corrected chi connectivity index (χ2v) is 6.72. The molecule has 4 aliphatic rings. The van der Waals surface area contributed by atoms with E-state index in [1.165, 1.54) is 0 Å². The number of aliphatic carboxylic acids is 1. The normalized spacial score (nSPS) is 44.9. The Balaban J connectivity index is 2.11. The second kappa shape index (κ2) is 4.21. The predicted molar refractivity (Wildman–Crippen MR) is 72.5 cm³/mol.